The van der Waals surface area contributed by atoms with Gasteiger partial charge in [0.25, 0.3) is 0 Å². The zero-order valence-corrected chi connectivity index (χ0v) is 21.2. The number of esters is 2. The van der Waals surface area contributed by atoms with Crippen LogP contribution in [0.2, 0.25) is 0 Å². The van der Waals surface area contributed by atoms with E-state index < -0.39 is 24.1 Å². The Morgan fingerprint density at radius 3 is 2.25 bits per heavy atom. The van der Waals surface area contributed by atoms with Crippen molar-refractivity contribution in [1.29, 1.82) is 0 Å². The minimum absolute atomic E-state index is 0.0550. The molecule has 1 N–H and O–H groups in total. The van der Waals surface area contributed by atoms with Crippen molar-refractivity contribution in [3.63, 3.8) is 0 Å². The van der Waals surface area contributed by atoms with Crippen LogP contribution in [-0.2, 0) is 14.3 Å². The number of nitrogens with zero attached hydrogens (tertiary/aromatic N) is 1. The standard InChI is InChI=1S/C27H27FN2O5S/c1-16(30-26(36)24-25(35-18(3)31)22(33-4)14-15-29-24)27(32)34-17(2)23(19-8-6-5-7-9-19)20-10-12-21(28)13-11-20/h5-17,23H,1-4H3,(H,30,36)/t16-,17-,23-/m0/s1. The highest BCUT2D eigenvalue weighted by molar-refractivity contribution is 7.80. The van der Waals surface area contributed by atoms with Gasteiger partial charge in [0.1, 0.15) is 28.6 Å². The second-order valence-corrected chi connectivity index (χ2v) is 8.47. The summed E-state index contributed by atoms with van der Waals surface area (Å²) in [5.41, 5.74) is 1.89. The SMILES string of the molecule is COc1ccnc(C(=S)N[C@@H](C)C(=O)O[C@@H](C)[C@@H](c2ccccc2)c2ccc(F)cc2)c1OC(C)=O. The van der Waals surface area contributed by atoms with Crippen molar-refractivity contribution in [1.82, 2.24) is 10.3 Å². The second kappa shape index (κ2) is 12.2. The molecule has 1 aromatic heterocycles. The first kappa shape index (κ1) is 26.7. The molecule has 0 saturated heterocycles. The molecule has 1 heterocycles. The lowest BCUT2D eigenvalue weighted by Gasteiger charge is -2.27. The van der Waals surface area contributed by atoms with Crippen LogP contribution in [0.1, 0.15) is 43.5 Å². The number of carbonyl (C=O) groups excluding carboxylic acids is 2. The van der Waals surface area contributed by atoms with Gasteiger partial charge in [0.05, 0.1) is 7.11 Å². The first-order valence-corrected chi connectivity index (χ1v) is 11.6. The average molecular weight is 511 g/mol. The molecule has 9 heteroatoms. The van der Waals surface area contributed by atoms with E-state index in [-0.39, 0.29) is 33.9 Å². The molecule has 3 aromatic rings. The van der Waals surface area contributed by atoms with Crippen molar-refractivity contribution in [2.45, 2.75) is 38.8 Å². The van der Waals surface area contributed by atoms with Crippen LogP contribution < -0.4 is 14.8 Å². The second-order valence-electron chi connectivity index (χ2n) is 8.06. The van der Waals surface area contributed by atoms with Crippen LogP contribution in [0.5, 0.6) is 11.5 Å². The van der Waals surface area contributed by atoms with Crippen molar-refractivity contribution >= 4 is 29.1 Å². The predicted molar refractivity (Wildman–Crippen MR) is 137 cm³/mol. The monoisotopic (exact) mass is 510 g/mol. The lowest BCUT2D eigenvalue weighted by atomic mass is 9.87. The van der Waals surface area contributed by atoms with Gasteiger partial charge < -0.3 is 19.5 Å². The fourth-order valence-electron chi connectivity index (χ4n) is 3.74. The number of hydrogen-bond acceptors (Lipinski definition) is 7. The van der Waals surface area contributed by atoms with E-state index in [9.17, 15) is 14.0 Å². The number of ether oxygens (including phenoxy) is 3. The minimum atomic E-state index is -0.845. The molecule has 2 aromatic carbocycles. The Bertz CT molecular complexity index is 1220. The highest BCUT2D eigenvalue weighted by atomic mass is 32.1. The van der Waals surface area contributed by atoms with Crippen molar-refractivity contribution < 1.29 is 28.2 Å². The van der Waals surface area contributed by atoms with E-state index in [1.54, 1.807) is 26.0 Å². The molecular formula is C27H27FN2O5S. The van der Waals surface area contributed by atoms with Gasteiger partial charge in [-0.05, 0) is 37.1 Å². The number of hydrogen-bond donors (Lipinski definition) is 1. The molecule has 3 atom stereocenters. The summed E-state index contributed by atoms with van der Waals surface area (Å²) in [6.07, 6.45) is 0.877. The molecule has 0 bridgehead atoms. The van der Waals surface area contributed by atoms with Gasteiger partial charge in [-0.25, -0.2) is 14.2 Å². The van der Waals surface area contributed by atoms with E-state index in [4.69, 9.17) is 26.4 Å². The van der Waals surface area contributed by atoms with Gasteiger partial charge in [-0.3, -0.25) is 4.79 Å². The molecule has 0 aliphatic heterocycles. The topological polar surface area (TPSA) is 86.8 Å². The summed E-state index contributed by atoms with van der Waals surface area (Å²) >= 11 is 5.43. The third kappa shape index (κ3) is 6.63. The number of benzene rings is 2. The number of thiocarbonyl (C=S) groups is 1. The number of halogens is 1. The van der Waals surface area contributed by atoms with Gasteiger partial charge in [0, 0.05) is 25.1 Å². The van der Waals surface area contributed by atoms with Crippen LogP contribution in [0.3, 0.4) is 0 Å². The Kier molecular flexibility index (Phi) is 9.08. The zero-order valence-electron chi connectivity index (χ0n) is 20.4. The molecule has 0 aliphatic carbocycles. The molecule has 0 spiro atoms. The van der Waals surface area contributed by atoms with Crippen LogP contribution in [0.15, 0.2) is 66.9 Å². The van der Waals surface area contributed by atoms with Crippen LogP contribution >= 0.6 is 12.2 Å². The summed E-state index contributed by atoms with van der Waals surface area (Å²) in [5, 5.41) is 2.89. The molecule has 0 saturated carbocycles. The number of aromatic nitrogens is 1. The molecule has 0 unspecified atom stereocenters. The van der Waals surface area contributed by atoms with E-state index in [0.29, 0.717) is 0 Å². The maximum Gasteiger partial charge on any atom is 0.328 e. The smallest absolute Gasteiger partial charge is 0.328 e. The first-order chi connectivity index (χ1) is 17.2. The summed E-state index contributed by atoms with van der Waals surface area (Å²) in [6.45, 7) is 4.63. The van der Waals surface area contributed by atoms with Gasteiger partial charge in [-0.2, -0.15) is 0 Å². The Hall–Kier alpha value is -3.85. The van der Waals surface area contributed by atoms with Gasteiger partial charge >= 0.3 is 11.9 Å². The Balaban J connectivity index is 1.77. The molecule has 0 aliphatic rings. The number of nitrogens with one attached hydrogen (secondary N) is 1. The van der Waals surface area contributed by atoms with E-state index in [1.165, 1.54) is 38.4 Å². The van der Waals surface area contributed by atoms with Gasteiger partial charge in [0.15, 0.2) is 5.75 Å². The number of pyridine rings is 1. The predicted octanol–water partition coefficient (Wildman–Crippen LogP) is 4.57. The third-order valence-electron chi connectivity index (χ3n) is 5.41. The Labute approximate surface area is 214 Å². The van der Waals surface area contributed by atoms with Gasteiger partial charge in [0.2, 0.25) is 5.75 Å². The first-order valence-electron chi connectivity index (χ1n) is 11.2. The maximum atomic E-state index is 13.5. The quantitative estimate of drug-likeness (QED) is 0.331. The number of methoxy groups -OCH3 is 1. The molecule has 7 nitrogen and oxygen atoms in total. The molecular weight excluding hydrogens is 483 g/mol. The fraction of sp³-hybridized carbons (Fsp3) is 0.259. The fourth-order valence-corrected chi connectivity index (χ4v) is 4.06. The molecule has 3 rings (SSSR count). The number of rotatable bonds is 9. The molecule has 188 valence electrons. The van der Waals surface area contributed by atoms with Crippen molar-refractivity contribution in [3.05, 3.63) is 89.5 Å². The van der Waals surface area contributed by atoms with Crippen molar-refractivity contribution in [2.24, 2.45) is 0 Å². The van der Waals surface area contributed by atoms with E-state index in [0.717, 1.165) is 11.1 Å². The molecule has 36 heavy (non-hydrogen) atoms. The lowest BCUT2D eigenvalue weighted by Crippen LogP contribution is -2.41. The maximum absolute atomic E-state index is 13.5. The van der Waals surface area contributed by atoms with Crippen molar-refractivity contribution in [3.8, 4) is 11.5 Å². The summed E-state index contributed by atoms with van der Waals surface area (Å²) < 4.78 is 29.8. The highest BCUT2D eigenvalue weighted by Gasteiger charge is 2.28. The summed E-state index contributed by atoms with van der Waals surface area (Å²) in [4.78, 5) is 28.8. The van der Waals surface area contributed by atoms with Crippen LogP contribution in [0, 0.1) is 5.82 Å². The van der Waals surface area contributed by atoms with Crippen LogP contribution in [0.4, 0.5) is 4.39 Å². The lowest BCUT2D eigenvalue weighted by molar-refractivity contribution is -0.150. The van der Waals surface area contributed by atoms with Gasteiger partial charge in [-0.15, -0.1) is 0 Å². The summed E-state index contributed by atoms with van der Waals surface area (Å²) in [6, 6.07) is 16.3. The summed E-state index contributed by atoms with van der Waals surface area (Å²) in [5.74, 6) is -1.46. The molecule has 0 fully saturated rings. The Morgan fingerprint density at radius 2 is 1.64 bits per heavy atom. The van der Waals surface area contributed by atoms with E-state index in [1.807, 2.05) is 30.3 Å². The third-order valence-corrected chi connectivity index (χ3v) is 5.72. The van der Waals surface area contributed by atoms with Gasteiger partial charge in [-0.1, -0.05) is 54.7 Å². The van der Waals surface area contributed by atoms with E-state index >= 15 is 0 Å². The zero-order chi connectivity index (χ0) is 26.2. The minimum Gasteiger partial charge on any atom is -0.493 e. The van der Waals surface area contributed by atoms with Crippen LogP contribution in [0.25, 0.3) is 0 Å². The molecule has 0 radical (unpaired) electrons. The van der Waals surface area contributed by atoms with Crippen LogP contribution in [-0.4, -0.2) is 41.2 Å². The van der Waals surface area contributed by atoms with E-state index in [2.05, 4.69) is 10.3 Å². The number of carbonyl (C=O) groups is 2. The largest absolute Gasteiger partial charge is 0.493 e. The summed E-state index contributed by atoms with van der Waals surface area (Å²) in [7, 11) is 1.42. The average Bonchev–Trinajstić information content (AvgIpc) is 2.85. The Morgan fingerprint density at radius 1 is 1.00 bits per heavy atom. The molecule has 0 amide bonds. The highest BCUT2D eigenvalue weighted by Crippen LogP contribution is 2.31. The van der Waals surface area contributed by atoms with Crippen molar-refractivity contribution in [2.75, 3.05) is 7.11 Å². The normalized spacial score (nSPS) is 13.1.